The van der Waals surface area contributed by atoms with Crippen molar-refractivity contribution in [1.82, 2.24) is 10.2 Å². The van der Waals surface area contributed by atoms with Crippen molar-refractivity contribution in [3.63, 3.8) is 0 Å². The summed E-state index contributed by atoms with van der Waals surface area (Å²) in [6.45, 7) is 4.50. The highest BCUT2D eigenvalue weighted by Gasteiger charge is 2.31. The van der Waals surface area contributed by atoms with Crippen molar-refractivity contribution in [3.8, 4) is 0 Å². The van der Waals surface area contributed by atoms with Crippen LogP contribution in [0.15, 0.2) is 22.7 Å². The molecule has 0 amide bonds. The van der Waals surface area contributed by atoms with Gasteiger partial charge >= 0.3 is 0 Å². The van der Waals surface area contributed by atoms with Crippen LogP contribution in [0.5, 0.6) is 0 Å². The van der Waals surface area contributed by atoms with E-state index in [1.165, 1.54) is 24.8 Å². The van der Waals surface area contributed by atoms with Crippen LogP contribution in [0.4, 0.5) is 0 Å². The first-order chi connectivity index (χ1) is 9.24. The summed E-state index contributed by atoms with van der Waals surface area (Å²) in [5.41, 5.74) is 1.40. The van der Waals surface area contributed by atoms with Gasteiger partial charge in [-0.1, -0.05) is 46.4 Å². The van der Waals surface area contributed by atoms with Gasteiger partial charge in [0.05, 0.1) is 0 Å². The first-order valence-corrected chi connectivity index (χ1v) is 8.31. The van der Waals surface area contributed by atoms with Crippen LogP contribution >= 0.6 is 27.5 Å². The summed E-state index contributed by atoms with van der Waals surface area (Å²) >= 11 is 9.77. The van der Waals surface area contributed by atoms with Gasteiger partial charge in [0.15, 0.2) is 0 Å². The van der Waals surface area contributed by atoms with E-state index in [1.54, 1.807) is 0 Å². The molecule has 1 aliphatic heterocycles. The molecule has 1 aliphatic carbocycles. The Labute approximate surface area is 128 Å². The van der Waals surface area contributed by atoms with Gasteiger partial charge in [-0.05, 0) is 30.0 Å². The molecule has 2 nitrogen and oxygen atoms in total. The number of piperazine rings is 1. The van der Waals surface area contributed by atoms with E-state index in [0.29, 0.717) is 6.04 Å². The summed E-state index contributed by atoms with van der Waals surface area (Å²) in [5.74, 6) is 0.933. The van der Waals surface area contributed by atoms with E-state index in [-0.39, 0.29) is 0 Å². The van der Waals surface area contributed by atoms with Crippen molar-refractivity contribution >= 4 is 27.5 Å². The molecule has 1 atom stereocenters. The third kappa shape index (κ3) is 3.52. The van der Waals surface area contributed by atoms with E-state index in [4.69, 9.17) is 11.6 Å². The Morgan fingerprint density at radius 3 is 2.68 bits per heavy atom. The van der Waals surface area contributed by atoms with E-state index in [1.807, 2.05) is 12.1 Å². The predicted molar refractivity (Wildman–Crippen MR) is 83.7 cm³/mol. The van der Waals surface area contributed by atoms with Gasteiger partial charge in [-0.25, -0.2) is 0 Å². The molecule has 0 spiro atoms. The fourth-order valence-corrected chi connectivity index (χ4v) is 3.85. The van der Waals surface area contributed by atoms with Crippen LogP contribution in [0.2, 0.25) is 5.02 Å². The van der Waals surface area contributed by atoms with Crippen LogP contribution in [-0.2, 0) is 0 Å². The van der Waals surface area contributed by atoms with Crippen LogP contribution in [0.25, 0.3) is 0 Å². The van der Waals surface area contributed by atoms with Crippen LogP contribution < -0.4 is 5.32 Å². The maximum atomic E-state index is 6.07. The van der Waals surface area contributed by atoms with Gasteiger partial charge in [0.2, 0.25) is 0 Å². The normalized spacial score (nSPS) is 22.4. The number of nitrogens with zero attached hydrogens (tertiary/aromatic N) is 1. The van der Waals surface area contributed by atoms with Gasteiger partial charge in [-0.15, -0.1) is 0 Å². The Kier molecular flexibility index (Phi) is 4.47. The number of hydrogen-bond acceptors (Lipinski definition) is 2. The zero-order chi connectivity index (χ0) is 13.2. The smallest absolute Gasteiger partial charge is 0.0417 e. The Morgan fingerprint density at radius 1 is 1.32 bits per heavy atom. The molecule has 0 unspecified atom stereocenters. The maximum absolute atomic E-state index is 6.07. The summed E-state index contributed by atoms with van der Waals surface area (Å²) in [4.78, 5) is 2.63. The summed E-state index contributed by atoms with van der Waals surface area (Å²) in [6.07, 6.45) is 4.11. The molecule has 0 aromatic heterocycles. The van der Waals surface area contributed by atoms with Crippen molar-refractivity contribution in [3.05, 3.63) is 33.3 Å². The topological polar surface area (TPSA) is 15.3 Å². The van der Waals surface area contributed by atoms with Crippen molar-refractivity contribution in [2.75, 3.05) is 26.2 Å². The van der Waals surface area contributed by atoms with Crippen LogP contribution in [0, 0.1) is 5.92 Å². The van der Waals surface area contributed by atoms with Crippen LogP contribution in [-0.4, -0.2) is 31.1 Å². The molecular weight excluding hydrogens is 324 g/mol. The number of halogens is 2. The lowest BCUT2D eigenvalue weighted by Gasteiger charge is -2.36. The lowest BCUT2D eigenvalue weighted by Crippen LogP contribution is -2.45. The predicted octanol–water partition coefficient (Wildman–Crippen LogP) is 3.85. The Bertz CT molecular complexity index is 442. The Morgan fingerprint density at radius 2 is 2.05 bits per heavy atom. The highest BCUT2D eigenvalue weighted by molar-refractivity contribution is 9.10. The number of nitrogens with one attached hydrogen (secondary N) is 1. The Hall–Kier alpha value is -0.0900. The third-order valence-electron chi connectivity index (χ3n) is 4.17. The average molecular weight is 344 g/mol. The number of rotatable bonds is 4. The number of hydrogen-bond donors (Lipinski definition) is 1. The zero-order valence-corrected chi connectivity index (χ0v) is 13.4. The average Bonchev–Trinajstić information content (AvgIpc) is 3.22. The highest BCUT2D eigenvalue weighted by Crippen LogP contribution is 2.42. The van der Waals surface area contributed by atoms with Gasteiger partial charge < -0.3 is 5.32 Å². The molecule has 1 N–H and O–H groups in total. The van der Waals surface area contributed by atoms with E-state index in [2.05, 4.69) is 32.2 Å². The fraction of sp³-hybridized carbons (Fsp3) is 0.600. The van der Waals surface area contributed by atoms with Gasteiger partial charge in [0, 0.05) is 41.7 Å². The van der Waals surface area contributed by atoms with Crippen molar-refractivity contribution in [2.45, 2.75) is 25.3 Å². The molecule has 1 aromatic carbocycles. The summed E-state index contributed by atoms with van der Waals surface area (Å²) in [5, 5.41) is 4.25. The summed E-state index contributed by atoms with van der Waals surface area (Å²) in [6, 6.07) is 6.78. The van der Waals surface area contributed by atoms with Gasteiger partial charge in [0.1, 0.15) is 0 Å². The monoisotopic (exact) mass is 342 g/mol. The molecule has 1 saturated carbocycles. The second-order valence-electron chi connectivity index (χ2n) is 5.65. The molecule has 0 radical (unpaired) electrons. The molecule has 1 heterocycles. The van der Waals surface area contributed by atoms with Gasteiger partial charge in [0.25, 0.3) is 0 Å². The molecule has 1 saturated heterocycles. The quantitative estimate of drug-likeness (QED) is 0.893. The first kappa shape index (κ1) is 13.9. The van der Waals surface area contributed by atoms with E-state index in [9.17, 15) is 0 Å². The van der Waals surface area contributed by atoms with Crippen LogP contribution in [0.3, 0.4) is 0 Å². The highest BCUT2D eigenvalue weighted by atomic mass is 79.9. The standard InChI is InChI=1S/C15H20BrClN2/c16-14-10-12(17)3-4-13(14)15(9-11-1-2-11)19-7-5-18-6-8-19/h3-4,10-11,15,18H,1-2,5-9H2/t15-/m1/s1. The van der Waals surface area contributed by atoms with Gasteiger partial charge in [-0.2, -0.15) is 0 Å². The van der Waals surface area contributed by atoms with Gasteiger partial charge in [-0.3, -0.25) is 4.90 Å². The molecule has 2 fully saturated rings. The first-order valence-electron chi connectivity index (χ1n) is 7.14. The second-order valence-corrected chi connectivity index (χ2v) is 6.94. The molecule has 3 rings (SSSR count). The van der Waals surface area contributed by atoms with E-state index >= 15 is 0 Å². The lowest BCUT2D eigenvalue weighted by atomic mass is 9.98. The summed E-state index contributed by atoms with van der Waals surface area (Å²) in [7, 11) is 0. The third-order valence-corrected chi connectivity index (χ3v) is 5.09. The van der Waals surface area contributed by atoms with Crippen molar-refractivity contribution in [2.24, 2.45) is 5.92 Å². The molecule has 1 aromatic rings. The molecular formula is C15H20BrClN2. The molecule has 0 bridgehead atoms. The Balaban J connectivity index is 1.83. The van der Waals surface area contributed by atoms with E-state index < -0.39 is 0 Å². The van der Waals surface area contributed by atoms with Crippen molar-refractivity contribution in [1.29, 1.82) is 0 Å². The molecule has 19 heavy (non-hydrogen) atoms. The van der Waals surface area contributed by atoms with E-state index in [0.717, 1.165) is 41.6 Å². The zero-order valence-electron chi connectivity index (χ0n) is 11.0. The maximum Gasteiger partial charge on any atom is 0.0417 e. The lowest BCUT2D eigenvalue weighted by molar-refractivity contribution is 0.160. The SMILES string of the molecule is Clc1ccc([C@@H](CC2CC2)N2CCNCC2)c(Br)c1. The molecule has 104 valence electrons. The molecule has 2 aliphatic rings. The number of benzene rings is 1. The van der Waals surface area contributed by atoms with Crippen LogP contribution in [0.1, 0.15) is 30.9 Å². The summed E-state index contributed by atoms with van der Waals surface area (Å²) < 4.78 is 1.16. The van der Waals surface area contributed by atoms with Crippen molar-refractivity contribution < 1.29 is 0 Å². The second kappa shape index (κ2) is 6.13. The minimum atomic E-state index is 0.543. The minimum absolute atomic E-state index is 0.543. The largest absolute Gasteiger partial charge is 0.314 e. The minimum Gasteiger partial charge on any atom is -0.314 e. The fourth-order valence-electron chi connectivity index (χ4n) is 2.91. The molecule has 4 heteroatoms.